The molecule has 4 heteroatoms. The lowest BCUT2D eigenvalue weighted by Crippen LogP contribution is -2.19. The summed E-state index contributed by atoms with van der Waals surface area (Å²) in [6.07, 6.45) is 2.54. The van der Waals surface area contributed by atoms with E-state index >= 15 is 0 Å². The van der Waals surface area contributed by atoms with E-state index in [1.165, 1.54) is 24.5 Å². The number of benzene rings is 2. The van der Waals surface area contributed by atoms with Crippen molar-refractivity contribution in [1.29, 1.82) is 0 Å². The minimum Gasteiger partial charge on any atom is -0.344 e. The maximum atomic E-state index is 13.4. The second-order valence-electron chi connectivity index (χ2n) is 5.47. The van der Waals surface area contributed by atoms with Crippen molar-refractivity contribution < 1.29 is 4.39 Å². The van der Waals surface area contributed by atoms with Gasteiger partial charge in [-0.25, -0.2) is 4.39 Å². The van der Waals surface area contributed by atoms with Crippen LogP contribution in [0.3, 0.4) is 0 Å². The van der Waals surface area contributed by atoms with Crippen LogP contribution in [-0.2, 0) is 6.54 Å². The summed E-state index contributed by atoms with van der Waals surface area (Å²) in [6, 6.07) is 13.6. The minimum absolute atomic E-state index is 0.216. The molecule has 2 aromatic carbocycles. The van der Waals surface area contributed by atoms with Gasteiger partial charge in [-0.05, 0) is 48.7 Å². The summed E-state index contributed by atoms with van der Waals surface area (Å²) in [7, 11) is 1.97. The van der Waals surface area contributed by atoms with Crippen LogP contribution in [0.1, 0.15) is 18.4 Å². The molecule has 0 aromatic heterocycles. The van der Waals surface area contributed by atoms with E-state index in [0.717, 1.165) is 22.4 Å². The summed E-state index contributed by atoms with van der Waals surface area (Å²) in [5.74, 6) is -0.216. The number of halogens is 2. The number of nitrogens with zero attached hydrogens (tertiary/aromatic N) is 1. The number of hydrogen-bond acceptors (Lipinski definition) is 2. The average Bonchev–Trinajstić information content (AvgIpc) is 3.29. The van der Waals surface area contributed by atoms with E-state index in [4.69, 9.17) is 0 Å². The molecule has 1 aliphatic carbocycles. The molecule has 2 aromatic rings. The summed E-state index contributed by atoms with van der Waals surface area (Å²) >= 11 is 3.52. The Morgan fingerprint density at radius 1 is 1.24 bits per heavy atom. The van der Waals surface area contributed by atoms with Crippen molar-refractivity contribution in [2.75, 3.05) is 11.9 Å². The van der Waals surface area contributed by atoms with Crippen molar-refractivity contribution in [3.63, 3.8) is 0 Å². The Balaban J connectivity index is 1.89. The molecule has 0 aliphatic heterocycles. The van der Waals surface area contributed by atoms with Gasteiger partial charge in [0.05, 0.1) is 0 Å². The lowest BCUT2D eigenvalue weighted by Gasteiger charge is -2.23. The predicted octanol–water partition coefficient (Wildman–Crippen LogP) is 4.61. The molecule has 0 heterocycles. The van der Waals surface area contributed by atoms with Crippen molar-refractivity contribution in [2.45, 2.75) is 25.4 Å². The van der Waals surface area contributed by atoms with Crippen molar-refractivity contribution in [1.82, 2.24) is 5.32 Å². The largest absolute Gasteiger partial charge is 0.344 e. The molecule has 21 heavy (non-hydrogen) atoms. The van der Waals surface area contributed by atoms with Gasteiger partial charge in [-0.2, -0.15) is 0 Å². The summed E-state index contributed by atoms with van der Waals surface area (Å²) < 4.78 is 14.5. The maximum absolute atomic E-state index is 13.4. The first-order valence-corrected chi connectivity index (χ1v) is 7.94. The van der Waals surface area contributed by atoms with Crippen LogP contribution in [0.15, 0.2) is 46.9 Å². The van der Waals surface area contributed by atoms with Gasteiger partial charge in [-0.3, -0.25) is 0 Å². The van der Waals surface area contributed by atoms with E-state index in [9.17, 15) is 4.39 Å². The quantitative estimate of drug-likeness (QED) is 0.848. The van der Waals surface area contributed by atoms with Gasteiger partial charge in [-0.1, -0.05) is 28.1 Å². The zero-order valence-corrected chi connectivity index (χ0v) is 13.5. The van der Waals surface area contributed by atoms with Crippen LogP contribution >= 0.6 is 15.9 Å². The molecule has 3 rings (SSSR count). The van der Waals surface area contributed by atoms with Crippen LogP contribution in [0.5, 0.6) is 0 Å². The second-order valence-corrected chi connectivity index (χ2v) is 6.38. The number of nitrogens with one attached hydrogen (secondary N) is 1. The Morgan fingerprint density at radius 2 is 2.05 bits per heavy atom. The van der Waals surface area contributed by atoms with Crippen LogP contribution in [0, 0.1) is 5.82 Å². The van der Waals surface area contributed by atoms with Gasteiger partial charge >= 0.3 is 0 Å². The SMILES string of the molecule is CN(c1cccc(F)c1)c1cc(Br)ccc1CNC1CC1. The fourth-order valence-electron chi connectivity index (χ4n) is 2.36. The summed E-state index contributed by atoms with van der Waals surface area (Å²) in [4.78, 5) is 2.03. The molecule has 0 amide bonds. The van der Waals surface area contributed by atoms with Crippen molar-refractivity contribution in [2.24, 2.45) is 0 Å². The summed E-state index contributed by atoms with van der Waals surface area (Å²) in [5.41, 5.74) is 3.15. The maximum Gasteiger partial charge on any atom is 0.125 e. The Hall–Kier alpha value is -1.39. The van der Waals surface area contributed by atoms with Gasteiger partial charge in [-0.15, -0.1) is 0 Å². The fraction of sp³-hybridized carbons (Fsp3) is 0.294. The third-order valence-electron chi connectivity index (χ3n) is 3.76. The molecule has 0 bridgehead atoms. The Morgan fingerprint density at radius 3 is 2.76 bits per heavy atom. The normalized spacial score (nSPS) is 14.2. The fourth-order valence-corrected chi connectivity index (χ4v) is 2.71. The third-order valence-corrected chi connectivity index (χ3v) is 4.26. The zero-order chi connectivity index (χ0) is 14.8. The lowest BCUT2D eigenvalue weighted by molar-refractivity contribution is 0.628. The standard InChI is InChI=1S/C17H18BrFN2/c1-21(16-4-2-3-14(19)10-16)17-9-13(18)6-5-12(17)11-20-15-7-8-15/h2-6,9-10,15,20H,7-8,11H2,1H3. The molecule has 1 saturated carbocycles. The molecule has 1 N–H and O–H groups in total. The Bertz CT molecular complexity index is 640. The Labute approximate surface area is 133 Å². The van der Waals surface area contributed by atoms with Gasteiger partial charge < -0.3 is 10.2 Å². The highest BCUT2D eigenvalue weighted by Gasteiger charge is 2.21. The predicted molar refractivity (Wildman–Crippen MR) is 88.5 cm³/mol. The van der Waals surface area contributed by atoms with E-state index in [0.29, 0.717) is 6.04 Å². The van der Waals surface area contributed by atoms with Crippen LogP contribution in [0.4, 0.5) is 15.8 Å². The highest BCUT2D eigenvalue weighted by atomic mass is 79.9. The molecule has 110 valence electrons. The summed E-state index contributed by atoms with van der Waals surface area (Å²) in [5, 5.41) is 3.53. The molecule has 1 fully saturated rings. The van der Waals surface area contributed by atoms with E-state index in [2.05, 4.69) is 33.4 Å². The smallest absolute Gasteiger partial charge is 0.125 e. The number of anilines is 2. The molecule has 0 radical (unpaired) electrons. The van der Waals surface area contributed by atoms with Crippen molar-refractivity contribution >= 4 is 27.3 Å². The third kappa shape index (κ3) is 3.63. The first-order valence-electron chi connectivity index (χ1n) is 7.14. The molecule has 2 nitrogen and oxygen atoms in total. The topological polar surface area (TPSA) is 15.3 Å². The molecule has 1 aliphatic rings. The molecule has 0 atom stereocenters. The van der Waals surface area contributed by atoms with Gasteiger partial charge in [0.2, 0.25) is 0 Å². The van der Waals surface area contributed by atoms with E-state index in [1.54, 1.807) is 12.1 Å². The zero-order valence-electron chi connectivity index (χ0n) is 11.9. The number of rotatable bonds is 5. The lowest BCUT2D eigenvalue weighted by atomic mass is 10.1. The minimum atomic E-state index is -0.216. The monoisotopic (exact) mass is 348 g/mol. The Kier molecular flexibility index (Phi) is 4.27. The van der Waals surface area contributed by atoms with E-state index in [-0.39, 0.29) is 5.82 Å². The molecule has 0 unspecified atom stereocenters. The highest BCUT2D eigenvalue weighted by Crippen LogP contribution is 2.31. The van der Waals surface area contributed by atoms with Crippen LogP contribution < -0.4 is 10.2 Å². The van der Waals surface area contributed by atoms with Gasteiger partial charge in [0.15, 0.2) is 0 Å². The second kappa shape index (κ2) is 6.16. The van der Waals surface area contributed by atoms with Gasteiger partial charge in [0.25, 0.3) is 0 Å². The van der Waals surface area contributed by atoms with Crippen LogP contribution in [0.25, 0.3) is 0 Å². The molecule has 0 saturated heterocycles. The van der Waals surface area contributed by atoms with Crippen molar-refractivity contribution in [3.8, 4) is 0 Å². The van der Waals surface area contributed by atoms with Crippen molar-refractivity contribution in [3.05, 3.63) is 58.3 Å². The highest BCUT2D eigenvalue weighted by molar-refractivity contribution is 9.10. The molecular formula is C17H18BrFN2. The molecule has 0 spiro atoms. The number of hydrogen-bond donors (Lipinski definition) is 1. The van der Waals surface area contributed by atoms with Gasteiger partial charge in [0, 0.05) is 35.5 Å². The van der Waals surface area contributed by atoms with E-state index < -0.39 is 0 Å². The van der Waals surface area contributed by atoms with Gasteiger partial charge in [0.1, 0.15) is 5.82 Å². The van der Waals surface area contributed by atoms with Crippen LogP contribution in [0.2, 0.25) is 0 Å². The van der Waals surface area contributed by atoms with E-state index in [1.807, 2.05) is 24.1 Å². The molecular weight excluding hydrogens is 331 g/mol. The van der Waals surface area contributed by atoms with Crippen LogP contribution in [-0.4, -0.2) is 13.1 Å². The average molecular weight is 349 g/mol. The first kappa shape index (κ1) is 14.5. The summed E-state index contributed by atoms with van der Waals surface area (Å²) in [6.45, 7) is 0.840. The first-order chi connectivity index (χ1) is 10.1.